The van der Waals surface area contributed by atoms with Crippen molar-refractivity contribution in [3.05, 3.63) is 30.4 Å². The zero-order valence-corrected chi connectivity index (χ0v) is 11.4. The molecule has 2 heterocycles. The Morgan fingerprint density at radius 2 is 2.05 bits per heavy atom. The number of aromatic nitrogens is 4. The Hall–Kier alpha value is -1.63. The van der Waals surface area contributed by atoms with Crippen LogP contribution in [0.4, 0.5) is 14.5 Å². The summed E-state index contributed by atoms with van der Waals surface area (Å²) in [5.74, 6) is 0. The van der Waals surface area contributed by atoms with E-state index in [-0.39, 0.29) is 25.0 Å². The Kier molecular flexibility index (Phi) is 5.29. The lowest BCUT2D eigenvalue weighted by Crippen LogP contribution is -2.09. The van der Waals surface area contributed by atoms with Crippen molar-refractivity contribution in [2.45, 2.75) is 33.0 Å². The maximum absolute atomic E-state index is 12.6. The first-order valence-electron chi connectivity index (χ1n) is 5.66. The number of alkyl halides is 2. The highest BCUT2D eigenvalue weighted by Gasteiger charge is 2.11. The summed E-state index contributed by atoms with van der Waals surface area (Å²) in [4.78, 5) is 0. The molecule has 2 aromatic rings. The van der Waals surface area contributed by atoms with Gasteiger partial charge in [-0.25, -0.2) is 4.68 Å². The highest BCUT2D eigenvalue weighted by molar-refractivity contribution is 5.85. The Labute approximate surface area is 116 Å². The van der Waals surface area contributed by atoms with Crippen LogP contribution < -0.4 is 5.32 Å². The van der Waals surface area contributed by atoms with Crippen LogP contribution >= 0.6 is 12.4 Å². The number of nitrogens with zero attached hydrogens (tertiary/aromatic N) is 4. The number of hydrogen-bond acceptors (Lipinski definition) is 3. The Balaban J connectivity index is 0.00000180. The van der Waals surface area contributed by atoms with E-state index in [2.05, 4.69) is 15.5 Å². The van der Waals surface area contributed by atoms with Crippen LogP contribution in [0.3, 0.4) is 0 Å². The second-order valence-corrected chi connectivity index (χ2v) is 4.20. The smallest absolute Gasteiger partial charge is 0.333 e. The molecule has 5 nitrogen and oxygen atoms in total. The van der Waals surface area contributed by atoms with Gasteiger partial charge in [0.05, 0.1) is 24.1 Å². The molecule has 0 bridgehead atoms. The number of nitrogens with one attached hydrogen (secondary N) is 1. The average molecular weight is 292 g/mol. The Morgan fingerprint density at radius 1 is 1.32 bits per heavy atom. The van der Waals surface area contributed by atoms with Gasteiger partial charge in [0.2, 0.25) is 0 Å². The fraction of sp³-hybridized carbons (Fsp3) is 0.455. The third kappa shape index (κ3) is 3.66. The molecule has 0 radical (unpaired) electrons. The van der Waals surface area contributed by atoms with Gasteiger partial charge in [-0.2, -0.15) is 19.0 Å². The van der Waals surface area contributed by atoms with E-state index in [1.165, 1.54) is 6.20 Å². The zero-order chi connectivity index (χ0) is 13.1. The number of hydrogen-bond donors (Lipinski definition) is 1. The number of anilines is 1. The van der Waals surface area contributed by atoms with Gasteiger partial charge >= 0.3 is 6.55 Å². The highest BCUT2D eigenvalue weighted by Crippen LogP contribution is 2.15. The second-order valence-electron chi connectivity index (χ2n) is 4.20. The minimum absolute atomic E-state index is 0. The van der Waals surface area contributed by atoms with Crippen LogP contribution in [0.1, 0.15) is 32.1 Å². The summed E-state index contributed by atoms with van der Waals surface area (Å²) in [6, 6.07) is 1.83. The predicted molar refractivity (Wildman–Crippen MR) is 70.7 cm³/mol. The van der Waals surface area contributed by atoms with Crippen LogP contribution in [0.15, 0.2) is 24.7 Å². The van der Waals surface area contributed by atoms with E-state index in [0.29, 0.717) is 10.4 Å². The maximum Gasteiger partial charge on any atom is 0.333 e. The van der Waals surface area contributed by atoms with Gasteiger partial charge in [0, 0.05) is 18.4 Å². The molecule has 0 spiro atoms. The average Bonchev–Trinajstić information content (AvgIpc) is 2.95. The monoisotopic (exact) mass is 291 g/mol. The van der Waals surface area contributed by atoms with E-state index in [0.717, 1.165) is 5.69 Å². The largest absolute Gasteiger partial charge is 0.377 e. The van der Waals surface area contributed by atoms with E-state index in [1.54, 1.807) is 16.9 Å². The van der Waals surface area contributed by atoms with Crippen molar-refractivity contribution in [1.29, 1.82) is 0 Å². The molecule has 0 saturated carbocycles. The van der Waals surface area contributed by atoms with Gasteiger partial charge in [-0.1, -0.05) is 0 Å². The van der Waals surface area contributed by atoms with Gasteiger partial charge in [0.15, 0.2) is 0 Å². The van der Waals surface area contributed by atoms with Gasteiger partial charge < -0.3 is 5.32 Å². The normalized spacial score (nSPS) is 10.8. The summed E-state index contributed by atoms with van der Waals surface area (Å²) in [6.45, 7) is 1.70. The summed E-state index contributed by atoms with van der Waals surface area (Å²) in [6.07, 6.45) is 4.87. The van der Waals surface area contributed by atoms with Gasteiger partial charge in [-0.3, -0.25) is 4.68 Å². The third-order valence-electron chi connectivity index (χ3n) is 2.54. The van der Waals surface area contributed by atoms with Crippen molar-refractivity contribution in [1.82, 2.24) is 19.6 Å². The molecule has 0 fully saturated rings. The molecule has 1 N–H and O–H groups in total. The summed E-state index contributed by atoms with van der Waals surface area (Å²) in [5.41, 5.74) is 1.23. The minimum atomic E-state index is -2.62. The molecule has 0 unspecified atom stereocenters. The van der Waals surface area contributed by atoms with Crippen molar-refractivity contribution in [2.75, 3.05) is 5.32 Å². The van der Waals surface area contributed by atoms with Gasteiger partial charge in [-0.15, -0.1) is 12.4 Å². The summed E-state index contributed by atoms with van der Waals surface area (Å²) in [5, 5.41) is 10.8. The Morgan fingerprint density at radius 3 is 2.63 bits per heavy atom. The molecule has 0 amide bonds. The lowest BCUT2D eigenvalue weighted by molar-refractivity contribution is 0.0537. The van der Waals surface area contributed by atoms with E-state index in [9.17, 15) is 8.78 Å². The third-order valence-corrected chi connectivity index (χ3v) is 2.54. The maximum atomic E-state index is 12.6. The van der Waals surface area contributed by atoms with Gasteiger partial charge in [0.25, 0.3) is 0 Å². The zero-order valence-electron chi connectivity index (χ0n) is 10.6. The van der Waals surface area contributed by atoms with Crippen LogP contribution in [0.2, 0.25) is 0 Å². The fourth-order valence-corrected chi connectivity index (χ4v) is 1.56. The lowest BCUT2D eigenvalue weighted by Gasteiger charge is -2.07. The minimum Gasteiger partial charge on any atom is -0.377 e. The molecular weight excluding hydrogens is 276 g/mol. The molecule has 8 heteroatoms. The van der Waals surface area contributed by atoms with E-state index in [4.69, 9.17) is 0 Å². The van der Waals surface area contributed by atoms with Crippen molar-refractivity contribution in [3.63, 3.8) is 0 Å². The summed E-state index contributed by atoms with van der Waals surface area (Å²) < 4.78 is 27.6. The first-order chi connectivity index (χ1) is 8.58. The van der Waals surface area contributed by atoms with Crippen molar-refractivity contribution in [3.8, 4) is 0 Å². The molecule has 0 aromatic carbocycles. The predicted octanol–water partition coefficient (Wildman–Crippen LogP) is 3.09. The second kappa shape index (κ2) is 6.51. The van der Waals surface area contributed by atoms with E-state index in [1.807, 2.05) is 20.0 Å². The number of rotatable bonds is 5. The van der Waals surface area contributed by atoms with Gasteiger partial charge in [-0.05, 0) is 19.9 Å². The van der Waals surface area contributed by atoms with Crippen LogP contribution in [-0.2, 0) is 6.54 Å². The first-order valence-corrected chi connectivity index (χ1v) is 5.66. The van der Waals surface area contributed by atoms with Crippen LogP contribution in [0, 0.1) is 0 Å². The van der Waals surface area contributed by atoms with Crippen LogP contribution in [0.5, 0.6) is 0 Å². The number of halogens is 3. The molecule has 0 aliphatic heterocycles. The fourth-order valence-electron chi connectivity index (χ4n) is 1.56. The summed E-state index contributed by atoms with van der Waals surface area (Å²) >= 11 is 0. The topological polar surface area (TPSA) is 47.7 Å². The highest BCUT2D eigenvalue weighted by atomic mass is 35.5. The Bertz CT molecular complexity index is 509. The van der Waals surface area contributed by atoms with Crippen molar-refractivity contribution in [2.24, 2.45) is 0 Å². The van der Waals surface area contributed by atoms with Crippen molar-refractivity contribution >= 4 is 18.1 Å². The van der Waals surface area contributed by atoms with E-state index < -0.39 is 6.55 Å². The van der Waals surface area contributed by atoms with Crippen LogP contribution in [-0.4, -0.2) is 19.6 Å². The SMILES string of the molecule is CC(C)n1cc(NCc2ccnn2C(F)F)cn1.Cl. The lowest BCUT2D eigenvalue weighted by atomic mass is 10.4. The van der Waals surface area contributed by atoms with E-state index >= 15 is 0 Å². The van der Waals surface area contributed by atoms with Crippen molar-refractivity contribution < 1.29 is 8.78 Å². The molecule has 2 aromatic heterocycles. The molecule has 0 atom stereocenters. The molecule has 0 aliphatic carbocycles. The molecule has 19 heavy (non-hydrogen) atoms. The first kappa shape index (κ1) is 15.4. The summed E-state index contributed by atoms with van der Waals surface area (Å²) in [7, 11) is 0. The van der Waals surface area contributed by atoms with Gasteiger partial charge in [0.1, 0.15) is 0 Å². The molecule has 2 rings (SSSR count). The molecule has 0 saturated heterocycles. The standard InChI is InChI=1S/C11H15F2N5.ClH/c1-8(2)17-7-9(5-16-17)14-6-10-3-4-15-18(10)11(12)13;/h3-5,7-8,11,14H,6H2,1-2H3;1H. The molecule has 106 valence electrons. The van der Waals surface area contributed by atoms with Crippen LogP contribution in [0.25, 0.3) is 0 Å². The quantitative estimate of drug-likeness (QED) is 0.921. The molecular formula is C11H16ClF2N5. The molecule has 0 aliphatic rings.